The van der Waals surface area contributed by atoms with Crippen molar-refractivity contribution in [2.24, 2.45) is 5.92 Å². The molecule has 0 bridgehead atoms. The number of rotatable bonds is 7. The van der Waals surface area contributed by atoms with Gasteiger partial charge >= 0.3 is 0 Å². The summed E-state index contributed by atoms with van der Waals surface area (Å²) in [5.41, 5.74) is 0.687. The van der Waals surface area contributed by atoms with Crippen LogP contribution in [0.2, 0.25) is 0 Å². The Labute approximate surface area is 167 Å². The molecule has 0 atom stereocenters. The molecule has 1 aromatic heterocycles. The molecule has 0 unspecified atom stereocenters. The minimum Gasteiger partial charge on any atom is -0.490 e. The fourth-order valence-electron chi connectivity index (χ4n) is 4.19. The summed E-state index contributed by atoms with van der Waals surface area (Å²) in [7, 11) is 0. The van der Waals surface area contributed by atoms with Gasteiger partial charge in [0, 0.05) is 43.5 Å². The molecule has 1 amide bonds. The first kappa shape index (κ1) is 18.8. The number of imidazole rings is 1. The molecule has 1 aromatic carbocycles. The first-order valence-electron chi connectivity index (χ1n) is 10.4. The van der Waals surface area contributed by atoms with Gasteiger partial charge in [-0.05, 0) is 49.8 Å². The molecule has 2 fully saturated rings. The number of amides is 1. The predicted octanol–water partition coefficient (Wildman–Crippen LogP) is 4.27. The van der Waals surface area contributed by atoms with E-state index >= 15 is 0 Å². The second-order valence-corrected chi connectivity index (χ2v) is 7.93. The van der Waals surface area contributed by atoms with Crippen LogP contribution in [-0.4, -0.2) is 40.1 Å². The van der Waals surface area contributed by atoms with E-state index in [1.807, 2.05) is 35.4 Å². The Balaban J connectivity index is 1.36. The average molecular weight is 380 g/mol. The number of hydrogen-bond acceptors (Lipinski definition) is 3. The van der Waals surface area contributed by atoms with Gasteiger partial charge in [0.25, 0.3) is 5.91 Å². The second-order valence-electron chi connectivity index (χ2n) is 7.93. The van der Waals surface area contributed by atoms with E-state index in [0.717, 1.165) is 38.4 Å². The zero-order valence-corrected chi connectivity index (χ0v) is 16.4. The normalized spacial score (nSPS) is 17.9. The summed E-state index contributed by atoms with van der Waals surface area (Å²) < 4.78 is 7.91. The van der Waals surface area contributed by atoms with Crippen LogP contribution in [0, 0.1) is 5.92 Å². The molecule has 5 heteroatoms. The van der Waals surface area contributed by atoms with Crippen molar-refractivity contribution >= 4 is 5.91 Å². The molecular weight excluding hydrogens is 350 g/mol. The average Bonchev–Trinajstić information content (AvgIpc) is 3.17. The van der Waals surface area contributed by atoms with E-state index in [0.29, 0.717) is 23.8 Å². The van der Waals surface area contributed by atoms with E-state index in [1.54, 1.807) is 6.08 Å². The van der Waals surface area contributed by atoms with Crippen LogP contribution in [-0.2, 0) is 6.54 Å². The number of hydrogen-bond donors (Lipinski definition) is 0. The molecule has 1 saturated heterocycles. The quantitative estimate of drug-likeness (QED) is 0.675. The molecule has 0 N–H and O–H groups in total. The van der Waals surface area contributed by atoms with Crippen LogP contribution in [0.15, 0.2) is 49.3 Å². The van der Waals surface area contributed by atoms with Crippen LogP contribution < -0.4 is 4.74 Å². The number of benzene rings is 1. The molecule has 0 spiro atoms. The topological polar surface area (TPSA) is 47.4 Å². The van der Waals surface area contributed by atoms with Gasteiger partial charge in [-0.15, -0.1) is 0 Å². The third-order valence-electron chi connectivity index (χ3n) is 6.02. The lowest BCUT2D eigenvalue weighted by Crippen LogP contribution is -2.38. The van der Waals surface area contributed by atoms with Crippen LogP contribution >= 0.6 is 0 Å². The predicted molar refractivity (Wildman–Crippen MR) is 110 cm³/mol. The Morgan fingerprint density at radius 1 is 1.25 bits per heavy atom. The van der Waals surface area contributed by atoms with E-state index in [-0.39, 0.29) is 5.91 Å². The van der Waals surface area contributed by atoms with Crippen LogP contribution in [0.25, 0.3) is 0 Å². The number of carbonyl (C=O) groups is 1. The van der Waals surface area contributed by atoms with E-state index < -0.39 is 0 Å². The molecular formula is C23H29N3O2. The minimum absolute atomic E-state index is 0.0836. The van der Waals surface area contributed by atoms with Crippen LogP contribution in [0.4, 0.5) is 0 Å². The van der Waals surface area contributed by atoms with Gasteiger partial charge in [-0.1, -0.05) is 25.1 Å². The van der Waals surface area contributed by atoms with Crippen LogP contribution in [0.5, 0.6) is 5.75 Å². The summed E-state index contributed by atoms with van der Waals surface area (Å²) in [4.78, 5) is 19.5. The summed E-state index contributed by atoms with van der Waals surface area (Å²) >= 11 is 0. The van der Waals surface area contributed by atoms with Gasteiger partial charge in [0.2, 0.25) is 0 Å². The Hall–Kier alpha value is -2.56. The largest absolute Gasteiger partial charge is 0.490 e. The summed E-state index contributed by atoms with van der Waals surface area (Å²) in [6.07, 6.45) is 11.8. The molecule has 1 aliphatic carbocycles. The fraction of sp³-hybridized carbons (Fsp3) is 0.478. The Kier molecular flexibility index (Phi) is 5.79. The van der Waals surface area contributed by atoms with Crippen molar-refractivity contribution in [3.8, 4) is 5.75 Å². The molecule has 4 rings (SSSR count). The number of nitrogens with zero attached hydrogens (tertiary/aromatic N) is 3. The summed E-state index contributed by atoms with van der Waals surface area (Å²) in [5.74, 6) is 3.27. The summed E-state index contributed by atoms with van der Waals surface area (Å²) in [5, 5.41) is 0. The smallest absolute Gasteiger partial charge is 0.253 e. The van der Waals surface area contributed by atoms with Crippen molar-refractivity contribution < 1.29 is 9.53 Å². The van der Waals surface area contributed by atoms with Gasteiger partial charge in [-0.3, -0.25) is 4.79 Å². The Morgan fingerprint density at radius 2 is 2.07 bits per heavy atom. The van der Waals surface area contributed by atoms with Crippen molar-refractivity contribution in [2.45, 2.75) is 44.6 Å². The monoisotopic (exact) mass is 379 g/mol. The van der Waals surface area contributed by atoms with E-state index in [2.05, 4.69) is 22.3 Å². The molecule has 0 radical (unpaired) electrons. The van der Waals surface area contributed by atoms with Gasteiger partial charge in [0.15, 0.2) is 0 Å². The molecule has 148 valence electrons. The maximum absolute atomic E-state index is 12.9. The third-order valence-corrected chi connectivity index (χ3v) is 6.02. The van der Waals surface area contributed by atoms with Gasteiger partial charge in [-0.25, -0.2) is 4.98 Å². The number of carbonyl (C=O) groups excluding carboxylic acids is 1. The minimum atomic E-state index is 0.0836. The Morgan fingerprint density at radius 3 is 2.79 bits per heavy atom. The molecule has 1 saturated carbocycles. The number of aromatic nitrogens is 2. The van der Waals surface area contributed by atoms with Crippen molar-refractivity contribution in [1.82, 2.24) is 14.5 Å². The van der Waals surface area contributed by atoms with Gasteiger partial charge in [-0.2, -0.15) is 0 Å². The lowest BCUT2D eigenvalue weighted by Gasteiger charge is -2.33. The first-order valence-corrected chi connectivity index (χ1v) is 10.4. The zero-order valence-electron chi connectivity index (χ0n) is 16.4. The Bertz CT molecular complexity index is 817. The lowest BCUT2D eigenvalue weighted by molar-refractivity contribution is 0.0709. The SMILES string of the molecule is C=CCOc1cccc(C(=O)N2CCC(c3nccn3CC3CCC3)CC2)c1. The maximum atomic E-state index is 12.9. The molecule has 28 heavy (non-hydrogen) atoms. The standard InChI is InChI=1S/C23H29N3O2/c1-2-15-28-21-8-4-7-20(16-21)23(27)25-12-9-19(10-13-25)22-24-11-14-26(22)17-18-5-3-6-18/h2,4,7-8,11,14,16,18-19H,1,3,5-6,9-10,12-13,15,17H2. The highest BCUT2D eigenvalue weighted by Gasteiger charge is 2.28. The highest BCUT2D eigenvalue weighted by Crippen LogP contribution is 2.32. The van der Waals surface area contributed by atoms with Gasteiger partial charge in [0.1, 0.15) is 18.2 Å². The molecule has 2 aromatic rings. The number of piperidine rings is 1. The van der Waals surface area contributed by atoms with Crippen LogP contribution in [0.1, 0.15) is 54.2 Å². The van der Waals surface area contributed by atoms with Gasteiger partial charge < -0.3 is 14.2 Å². The summed E-state index contributed by atoms with van der Waals surface area (Å²) in [6.45, 7) is 6.75. The third kappa shape index (κ3) is 4.13. The van der Waals surface area contributed by atoms with E-state index in [4.69, 9.17) is 4.74 Å². The van der Waals surface area contributed by atoms with Crippen molar-refractivity contribution in [2.75, 3.05) is 19.7 Å². The second kappa shape index (κ2) is 8.63. The molecule has 5 nitrogen and oxygen atoms in total. The van der Waals surface area contributed by atoms with Crippen molar-refractivity contribution in [3.05, 3.63) is 60.7 Å². The molecule has 2 aliphatic rings. The molecule has 1 aliphatic heterocycles. The van der Waals surface area contributed by atoms with Crippen LogP contribution in [0.3, 0.4) is 0 Å². The highest BCUT2D eigenvalue weighted by atomic mass is 16.5. The molecule has 2 heterocycles. The van der Waals surface area contributed by atoms with E-state index in [1.165, 1.54) is 25.1 Å². The highest BCUT2D eigenvalue weighted by molar-refractivity contribution is 5.94. The van der Waals surface area contributed by atoms with Crippen molar-refractivity contribution in [3.63, 3.8) is 0 Å². The zero-order chi connectivity index (χ0) is 19.3. The number of ether oxygens (including phenoxy) is 1. The van der Waals surface area contributed by atoms with Gasteiger partial charge in [0.05, 0.1) is 0 Å². The number of likely N-dealkylation sites (tertiary alicyclic amines) is 1. The maximum Gasteiger partial charge on any atom is 0.253 e. The van der Waals surface area contributed by atoms with E-state index in [9.17, 15) is 4.79 Å². The first-order chi connectivity index (χ1) is 13.7. The lowest BCUT2D eigenvalue weighted by atomic mass is 9.85. The fourth-order valence-corrected chi connectivity index (χ4v) is 4.19. The van der Waals surface area contributed by atoms with Crippen molar-refractivity contribution in [1.29, 1.82) is 0 Å². The summed E-state index contributed by atoms with van der Waals surface area (Å²) in [6, 6.07) is 7.42.